The summed E-state index contributed by atoms with van der Waals surface area (Å²) < 4.78 is 11.0. The predicted molar refractivity (Wildman–Crippen MR) is 208 cm³/mol. The van der Waals surface area contributed by atoms with Gasteiger partial charge in [0.2, 0.25) is 11.8 Å². The third-order valence-electron chi connectivity index (χ3n) is 10.8. The molecule has 2 aliphatic heterocycles. The lowest BCUT2D eigenvalue weighted by Gasteiger charge is -2.30. The maximum absolute atomic E-state index is 13.6. The number of nitrogens with zero attached hydrogens (tertiary/aromatic N) is 4. The molecule has 5 N–H and O–H groups in total. The van der Waals surface area contributed by atoms with Crippen molar-refractivity contribution in [2.75, 3.05) is 20.2 Å². The minimum atomic E-state index is -1.22. The molecule has 2 fully saturated rings. The van der Waals surface area contributed by atoms with Crippen molar-refractivity contribution in [1.82, 2.24) is 40.4 Å². The maximum Gasteiger partial charge on any atom is 0.407 e. The molecule has 4 amide bonds. The summed E-state index contributed by atoms with van der Waals surface area (Å²) in [6, 6.07) is 13.9. The van der Waals surface area contributed by atoms with Crippen LogP contribution in [-0.2, 0) is 14.3 Å². The van der Waals surface area contributed by atoms with Gasteiger partial charge in [0.05, 0.1) is 43.0 Å². The van der Waals surface area contributed by atoms with Crippen LogP contribution >= 0.6 is 0 Å². The molecule has 2 aromatic carbocycles. The van der Waals surface area contributed by atoms with Gasteiger partial charge in [-0.05, 0) is 67.3 Å². The molecule has 2 aliphatic rings. The molecule has 0 radical (unpaired) electrons. The molecule has 7 rings (SSSR count). The molecule has 15 nitrogen and oxygen atoms in total. The molecule has 3 aromatic heterocycles. The Bertz CT molecular complexity index is 2220. The molecule has 4 atom stereocenters. The van der Waals surface area contributed by atoms with Crippen molar-refractivity contribution in [1.29, 1.82) is 0 Å². The van der Waals surface area contributed by atoms with Crippen LogP contribution in [0.15, 0.2) is 65.3 Å². The fourth-order valence-electron chi connectivity index (χ4n) is 7.81. The van der Waals surface area contributed by atoms with Crippen LogP contribution in [0, 0.1) is 11.8 Å². The number of H-pyrrole nitrogens is 2. The minimum absolute atomic E-state index is 0.118. The number of carbonyl (C=O) groups excluding carboxylic acids is 3. The number of nitrogens with one attached hydrogen (secondary N) is 4. The average Bonchev–Trinajstić information content (AvgIpc) is 4.03. The van der Waals surface area contributed by atoms with E-state index in [1.807, 2.05) is 76.2 Å². The summed E-state index contributed by atoms with van der Waals surface area (Å²) in [6.07, 6.45) is 4.83. The molecule has 0 spiro atoms. The smallest absolute Gasteiger partial charge is 0.407 e. The highest BCUT2D eigenvalue weighted by atomic mass is 16.5. The van der Waals surface area contributed by atoms with Crippen molar-refractivity contribution in [3.05, 3.63) is 72.6 Å². The van der Waals surface area contributed by atoms with Gasteiger partial charge in [0, 0.05) is 29.6 Å². The van der Waals surface area contributed by atoms with Crippen LogP contribution < -0.4 is 10.6 Å². The number of fused-ring (bicyclic) bond motifs is 1. The van der Waals surface area contributed by atoms with Crippen LogP contribution in [0.3, 0.4) is 0 Å². The number of benzene rings is 2. The van der Waals surface area contributed by atoms with E-state index in [2.05, 4.69) is 30.6 Å². The second-order valence-electron chi connectivity index (χ2n) is 15.2. The Balaban J connectivity index is 1.04. The normalized spacial score (nSPS) is 18.1. The second kappa shape index (κ2) is 15.9. The molecular weight excluding hydrogens is 716 g/mol. The first-order chi connectivity index (χ1) is 26.9. The summed E-state index contributed by atoms with van der Waals surface area (Å²) in [7, 11) is 1.28. The molecule has 0 bridgehead atoms. The number of likely N-dealkylation sites (tertiary alicyclic amines) is 2. The number of aromatic amines is 2. The third-order valence-corrected chi connectivity index (χ3v) is 10.8. The first-order valence-corrected chi connectivity index (χ1v) is 19.1. The summed E-state index contributed by atoms with van der Waals surface area (Å²) in [5.74, 6) is 1.38. The Morgan fingerprint density at radius 2 is 1.29 bits per heavy atom. The Hall–Kier alpha value is -6.12. The number of rotatable bonds is 11. The highest BCUT2D eigenvalue weighted by Crippen LogP contribution is 2.36. The number of carbonyl (C=O) groups is 4. The molecule has 0 aliphatic carbocycles. The zero-order chi connectivity index (χ0) is 39.7. The number of aromatic nitrogens is 4. The Labute approximate surface area is 324 Å². The fraction of sp³-hybridized carbons (Fsp3) is 0.415. The monoisotopic (exact) mass is 764 g/mol. The number of furan rings is 1. The van der Waals surface area contributed by atoms with Gasteiger partial charge in [-0.2, -0.15) is 0 Å². The maximum atomic E-state index is 13.6. The minimum Gasteiger partial charge on any atom is -0.465 e. The van der Waals surface area contributed by atoms with E-state index in [4.69, 9.17) is 9.15 Å². The number of imidazole rings is 2. The van der Waals surface area contributed by atoms with E-state index in [0.717, 1.165) is 70.5 Å². The summed E-state index contributed by atoms with van der Waals surface area (Å²) in [4.78, 5) is 69.9. The number of hydrogen-bond acceptors (Lipinski definition) is 8. The van der Waals surface area contributed by atoms with Crippen LogP contribution in [0.4, 0.5) is 9.59 Å². The second-order valence-corrected chi connectivity index (χ2v) is 15.2. The highest BCUT2D eigenvalue weighted by molar-refractivity contribution is 5.88. The van der Waals surface area contributed by atoms with Crippen molar-refractivity contribution in [3.8, 4) is 33.8 Å². The van der Waals surface area contributed by atoms with E-state index in [-0.39, 0.29) is 35.7 Å². The van der Waals surface area contributed by atoms with Crippen LogP contribution in [0.25, 0.3) is 44.8 Å². The molecule has 15 heteroatoms. The fourth-order valence-corrected chi connectivity index (χ4v) is 7.81. The lowest BCUT2D eigenvalue weighted by Crippen LogP contribution is -2.51. The van der Waals surface area contributed by atoms with E-state index in [0.29, 0.717) is 24.7 Å². The van der Waals surface area contributed by atoms with Crippen molar-refractivity contribution >= 4 is 35.0 Å². The zero-order valence-electron chi connectivity index (χ0n) is 32.2. The molecule has 5 aromatic rings. The molecular formula is C41H48N8O7. The van der Waals surface area contributed by atoms with Gasteiger partial charge < -0.3 is 44.7 Å². The highest BCUT2D eigenvalue weighted by Gasteiger charge is 2.39. The number of carboxylic acid groups (broad SMARTS) is 1. The number of alkyl carbamates (subject to hydrolysis) is 1. The molecule has 294 valence electrons. The predicted octanol–water partition coefficient (Wildman–Crippen LogP) is 6.88. The quantitative estimate of drug-likeness (QED) is 0.0952. The van der Waals surface area contributed by atoms with Gasteiger partial charge >= 0.3 is 12.2 Å². The Morgan fingerprint density at radius 1 is 0.768 bits per heavy atom. The van der Waals surface area contributed by atoms with Crippen molar-refractivity contribution in [2.24, 2.45) is 11.8 Å². The average molecular weight is 765 g/mol. The SMILES string of the molecule is COC(=O)N[C@H](C(=O)N1CCC[C@H]1c1ncc(-c2ccc3oc(-c4ccc(-c5cnc([C@@H]6CCCN6C(=O)[C@@H](NC(=O)O)C(C)C)[nH]5)cc4)cc3c2)[nH]1)C(C)C. The molecule has 0 unspecified atom stereocenters. The molecule has 0 saturated carbocycles. The molecule has 5 heterocycles. The largest absolute Gasteiger partial charge is 0.465 e. The lowest BCUT2D eigenvalue weighted by molar-refractivity contribution is -0.136. The van der Waals surface area contributed by atoms with Crippen molar-refractivity contribution < 1.29 is 33.4 Å². The Kier molecular flexibility index (Phi) is 10.9. The van der Waals surface area contributed by atoms with Gasteiger partial charge in [-0.25, -0.2) is 19.6 Å². The number of hydrogen-bond donors (Lipinski definition) is 5. The number of methoxy groups -OCH3 is 1. The van der Waals surface area contributed by atoms with E-state index in [1.165, 1.54) is 7.11 Å². The van der Waals surface area contributed by atoms with Crippen LogP contribution in [0.1, 0.15) is 77.1 Å². The molecule has 56 heavy (non-hydrogen) atoms. The summed E-state index contributed by atoms with van der Waals surface area (Å²) in [5, 5.41) is 15.3. The first kappa shape index (κ1) is 38.2. The van der Waals surface area contributed by atoms with Gasteiger partial charge in [0.1, 0.15) is 35.1 Å². The van der Waals surface area contributed by atoms with Crippen LogP contribution in [0.5, 0.6) is 0 Å². The van der Waals surface area contributed by atoms with Crippen molar-refractivity contribution in [2.45, 2.75) is 77.5 Å². The number of ether oxygens (including phenoxy) is 1. The summed E-state index contributed by atoms with van der Waals surface area (Å²) >= 11 is 0. The van der Waals surface area contributed by atoms with Gasteiger partial charge in [0.15, 0.2) is 0 Å². The van der Waals surface area contributed by atoms with Crippen LogP contribution in [0.2, 0.25) is 0 Å². The topological polar surface area (TPSA) is 199 Å². The molecule has 2 saturated heterocycles. The van der Waals surface area contributed by atoms with Gasteiger partial charge in [0.25, 0.3) is 0 Å². The van der Waals surface area contributed by atoms with E-state index in [9.17, 15) is 24.3 Å². The van der Waals surface area contributed by atoms with E-state index in [1.54, 1.807) is 22.2 Å². The first-order valence-electron chi connectivity index (χ1n) is 19.1. The summed E-state index contributed by atoms with van der Waals surface area (Å²) in [6.45, 7) is 8.56. The van der Waals surface area contributed by atoms with Gasteiger partial charge in [-0.1, -0.05) is 52.0 Å². The standard InChI is InChI=1S/C41H48N8O7/c1-22(2)34(46-40(52)53)38(50)48-16-6-8-30(48)36-42-20-28(44-36)24-10-12-25(13-11-24)33-19-27-18-26(14-15-32(27)56-33)29-21-43-37(45-29)31-9-7-17-49(31)39(51)35(23(3)4)47-41(54)55-5/h10-15,18-23,30-31,34-35,46H,6-9,16-17H2,1-5H3,(H,42,44)(H,43,45)(H,47,54)(H,52,53)/t30-,31-,34-,35-/m0/s1. The van der Waals surface area contributed by atoms with Gasteiger partial charge in [-0.3, -0.25) is 9.59 Å². The van der Waals surface area contributed by atoms with E-state index >= 15 is 0 Å². The van der Waals surface area contributed by atoms with E-state index < -0.39 is 24.3 Å². The van der Waals surface area contributed by atoms with Crippen molar-refractivity contribution in [3.63, 3.8) is 0 Å². The summed E-state index contributed by atoms with van der Waals surface area (Å²) in [5.41, 5.74) is 5.13. The van der Waals surface area contributed by atoms with Gasteiger partial charge in [-0.15, -0.1) is 0 Å². The number of amides is 4. The zero-order valence-corrected chi connectivity index (χ0v) is 32.2. The Morgan fingerprint density at radius 3 is 1.82 bits per heavy atom. The van der Waals surface area contributed by atoms with Crippen LogP contribution in [-0.4, -0.2) is 91.1 Å². The third kappa shape index (κ3) is 7.70. The lowest BCUT2D eigenvalue weighted by atomic mass is 10.0.